The smallest absolute Gasteiger partial charge is 0.263 e. The molecule has 2 N–H and O–H groups in total. The maximum absolute atomic E-state index is 12.8. The summed E-state index contributed by atoms with van der Waals surface area (Å²) in [6.45, 7) is 6.25. The molecule has 0 aliphatic carbocycles. The summed E-state index contributed by atoms with van der Waals surface area (Å²) in [5, 5.41) is 8.47. The van der Waals surface area contributed by atoms with Crippen LogP contribution in [0.1, 0.15) is 34.5 Å². The summed E-state index contributed by atoms with van der Waals surface area (Å²) in [6, 6.07) is 1.83. The first-order valence-corrected chi connectivity index (χ1v) is 9.07. The van der Waals surface area contributed by atoms with Crippen LogP contribution in [0.25, 0.3) is 0 Å². The van der Waals surface area contributed by atoms with E-state index in [1.54, 1.807) is 17.7 Å². The monoisotopic (exact) mass is 418 g/mol. The molecule has 3 rings (SSSR count). The first-order chi connectivity index (χ1) is 11.5. The molecular formula is C17H24Cl2N4O2S. The SMILES string of the molecule is Cc1csc(NC(=O)c2c(C)ccn(CC3CCCNC3)c2=O)n1.Cl.Cl. The molecule has 0 bridgehead atoms. The van der Waals surface area contributed by atoms with E-state index in [0.29, 0.717) is 23.2 Å². The Balaban J connectivity index is 0.00000169. The standard InChI is InChI=1S/C17H22N4O2S.2ClH/c1-11-5-7-21(9-13-4-3-6-18-8-13)16(23)14(11)15(22)20-17-19-12(2)10-24-17;;/h5,7,10,13,18H,3-4,6,8-9H2,1-2H3,(H,19,20,22);2*1H. The van der Waals surface area contributed by atoms with E-state index in [0.717, 1.165) is 31.6 Å². The molecule has 1 aliphatic rings. The molecule has 1 saturated heterocycles. The number of carbonyl (C=O) groups excluding carboxylic acids is 1. The predicted octanol–water partition coefficient (Wildman–Crippen LogP) is 3.02. The average Bonchev–Trinajstić information content (AvgIpc) is 2.96. The number of thiazole rings is 1. The third-order valence-corrected chi connectivity index (χ3v) is 5.17. The number of aromatic nitrogens is 2. The Morgan fingerprint density at radius 1 is 1.42 bits per heavy atom. The first-order valence-electron chi connectivity index (χ1n) is 8.19. The van der Waals surface area contributed by atoms with E-state index in [4.69, 9.17) is 0 Å². The van der Waals surface area contributed by atoms with Gasteiger partial charge >= 0.3 is 0 Å². The highest BCUT2D eigenvalue weighted by atomic mass is 35.5. The lowest BCUT2D eigenvalue weighted by atomic mass is 9.99. The number of hydrogen-bond donors (Lipinski definition) is 2. The van der Waals surface area contributed by atoms with Crippen molar-refractivity contribution in [3.63, 3.8) is 0 Å². The number of carbonyl (C=O) groups is 1. The Kier molecular flexibility index (Phi) is 8.76. The fraction of sp³-hybridized carbons (Fsp3) is 0.471. The molecule has 0 radical (unpaired) electrons. The number of pyridine rings is 1. The Labute approximate surface area is 169 Å². The Hall–Kier alpha value is -1.41. The highest BCUT2D eigenvalue weighted by molar-refractivity contribution is 7.13. The summed E-state index contributed by atoms with van der Waals surface area (Å²) in [5.41, 5.74) is 1.51. The van der Waals surface area contributed by atoms with Crippen LogP contribution < -0.4 is 16.2 Å². The zero-order valence-corrected chi connectivity index (χ0v) is 17.2. The molecule has 2 aromatic rings. The zero-order chi connectivity index (χ0) is 17.1. The molecule has 1 amide bonds. The summed E-state index contributed by atoms with van der Waals surface area (Å²) in [6.07, 6.45) is 4.02. The number of aryl methyl sites for hydroxylation is 2. The molecule has 144 valence electrons. The third kappa shape index (κ3) is 5.30. The largest absolute Gasteiger partial charge is 0.316 e. The Bertz CT molecular complexity index is 800. The second kappa shape index (κ2) is 10.1. The van der Waals surface area contributed by atoms with Crippen molar-refractivity contribution in [1.82, 2.24) is 14.9 Å². The van der Waals surface area contributed by atoms with Gasteiger partial charge < -0.3 is 9.88 Å². The zero-order valence-electron chi connectivity index (χ0n) is 14.8. The highest BCUT2D eigenvalue weighted by Crippen LogP contribution is 2.16. The molecule has 0 spiro atoms. The number of hydrogen-bond acceptors (Lipinski definition) is 5. The fourth-order valence-electron chi connectivity index (χ4n) is 3.01. The van der Waals surface area contributed by atoms with Crippen LogP contribution in [0.3, 0.4) is 0 Å². The van der Waals surface area contributed by atoms with E-state index in [1.165, 1.54) is 11.3 Å². The quantitative estimate of drug-likeness (QED) is 0.799. The molecule has 1 aliphatic heterocycles. The minimum absolute atomic E-state index is 0. The minimum atomic E-state index is -0.386. The molecule has 26 heavy (non-hydrogen) atoms. The summed E-state index contributed by atoms with van der Waals surface area (Å²) in [4.78, 5) is 29.5. The molecule has 9 heteroatoms. The number of halogens is 2. The van der Waals surface area contributed by atoms with Gasteiger partial charge in [0.05, 0.1) is 5.69 Å². The average molecular weight is 419 g/mol. The fourth-order valence-corrected chi connectivity index (χ4v) is 3.70. The van der Waals surface area contributed by atoms with Crippen molar-refractivity contribution in [2.75, 3.05) is 18.4 Å². The third-order valence-electron chi connectivity index (χ3n) is 4.29. The highest BCUT2D eigenvalue weighted by Gasteiger charge is 2.19. The summed E-state index contributed by atoms with van der Waals surface area (Å²) in [5.74, 6) is 0.0413. The van der Waals surface area contributed by atoms with Crippen LogP contribution in [-0.4, -0.2) is 28.5 Å². The van der Waals surface area contributed by atoms with Gasteiger partial charge in [-0.2, -0.15) is 0 Å². The lowest BCUT2D eigenvalue weighted by Crippen LogP contribution is -2.36. The van der Waals surface area contributed by atoms with Crippen LogP contribution in [0.2, 0.25) is 0 Å². The van der Waals surface area contributed by atoms with Gasteiger partial charge in [0, 0.05) is 18.1 Å². The number of nitrogens with one attached hydrogen (secondary N) is 2. The Morgan fingerprint density at radius 3 is 2.81 bits per heavy atom. The van der Waals surface area contributed by atoms with Gasteiger partial charge in [0.15, 0.2) is 5.13 Å². The van der Waals surface area contributed by atoms with Gasteiger partial charge in [-0.3, -0.25) is 14.9 Å². The second-order valence-electron chi connectivity index (χ2n) is 6.29. The number of rotatable bonds is 4. The van der Waals surface area contributed by atoms with Crippen molar-refractivity contribution < 1.29 is 4.79 Å². The lowest BCUT2D eigenvalue weighted by molar-refractivity contribution is 0.102. The molecular weight excluding hydrogens is 395 g/mol. The number of amides is 1. The molecule has 2 aromatic heterocycles. The van der Waals surface area contributed by atoms with E-state index < -0.39 is 0 Å². The summed E-state index contributed by atoms with van der Waals surface area (Å²) >= 11 is 1.36. The molecule has 3 heterocycles. The summed E-state index contributed by atoms with van der Waals surface area (Å²) < 4.78 is 1.66. The van der Waals surface area contributed by atoms with Crippen LogP contribution in [0.5, 0.6) is 0 Å². The molecule has 6 nitrogen and oxygen atoms in total. The van der Waals surface area contributed by atoms with Crippen LogP contribution in [0.15, 0.2) is 22.4 Å². The van der Waals surface area contributed by atoms with Gasteiger partial charge in [-0.1, -0.05) is 0 Å². The van der Waals surface area contributed by atoms with Crippen molar-refractivity contribution in [2.24, 2.45) is 5.92 Å². The van der Waals surface area contributed by atoms with Gasteiger partial charge in [-0.15, -0.1) is 36.2 Å². The predicted molar refractivity (Wildman–Crippen MR) is 110 cm³/mol. The second-order valence-corrected chi connectivity index (χ2v) is 7.15. The first kappa shape index (κ1) is 22.6. The van der Waals surface area contributed by atoms with Crippen LogP contribution in [-0.2, 0) is 6.54 Å². The summed E-state index contributed by atoms with van der Waals surface area (Å²) in [7, 11) is 0. The number of piperidine rings is 1. The van der Waals surface area contributed by atoms with E-state index in [9.17, 15) is 9.59 Å². The van der Waals surface area contributed by atoms with Gasteiger partial charge in [0.25, 0.3) is 11.5 Å². The van der Waals surface area contributed by atoms with Gasteiger partial charge in [-0.25, -0.2) is 4.98 Å². The maximum Gasteiger partial charge on any atom is 0.263 e. The normalized spacial score (nSPS) is 16.3. The molecule has 1 unspecified atom stereocenters. The van der Waals surface area contributed by atoms with E-state index in [-0.39, 0.29) is 41.8 Å². The van der Waals surface area contributed by atoms with Crippen molar-refractivity contribution in [1.29, 1.82) is 0 Å². The van der Waals surface area contributed by atoms with Gasteiger partial charge in [-0.05, 0) is 57.3 Å². The maximum atomic E-state index is 12.8. The van der Waals surface area contributed by atoms with Crippen molar-refractivity contribution in [2.45, 2.75) is 33.2 Å². The van der Waals surface area contributed by atoms with Crippen molar-refractivity contribution in [3.05, 3.63) is 44.8 Å². The van der Waals surface area contributed by atoms with Crippen molar-refractivity contribution in [3.8, 4) is 0 Å². The van der Waals surface area contributed by atoms with E-state index >= 15 is 0 Å². The Morgan fingerprint density at radius 2 is 2.19 bits per heavy atom. The molecule has 1 atom stereocenters. The number of nitrogens with zero attached hydrogens (tertiary/aromatic N) is 2. The minimum Gasteiger partial charge on any atom is -0.316 e. The van der Waals surface area contributed by atoms with E-state index in [1.807, 2.05) is 18.4 Å². The lowest BCUT2D eigenvalue weighted by Gasteiger charge is -2.23. The van der Waals surface area contributed by atoms with Gasteiger partial charge in [0.1, 0.15) is 5.56 Å². The van der Waals surface area contributed by atoms with Crippen LogP contribution >= 0.6 is 36.2 Å². The van der Waals surface area contributed by atoms with Crippen LogP contribution in [0, 0.1) is 19.8 Å². The van der Waals surface area contributed by atoms with E-state index in [2.05, 4.69) is 15.6 Å². The topological polar surface area (TPSA) is 76.0 Å². The van der Waals surface area contributed by atoms with Crippen molar-refractivity contribution >= 4 is 47.2 Å². The van der Waals surface area contributed by atoms with Crippen LogP contribution in [0.4, 0.5) is 5.13 Å². The molecule has 0 aromatic carbocycles. The molecule has 1 fully saturated rings. The number of anilines is 1. The van der Waals surface area contributed by atoms with Gasteiger partial charge in [0.2, 0.25) is 0 Å². The molecule has 0 saturated carbocycles.